The quantitative estimate of drug-likeness (QED) is 0.708. The van der Waals surface area contributed by atoms with E-state index in [1.54, 1.807) is 32.4 Å². The number of halogens is 1. The zero-order valence-corrected chi connectivity index (χ0v) is 16.2. The number of benzene rings is 1. The maximum atomic E-state index is 13.2. The summed E-state index contributed by atoms with van der Waals surface area (Å²) in [6.07, 6.45) is 3.17. The van der Waals surface area contributed by atoms with Gasteiger partial charge in [0, 0.05) is 24.9 Å². The van der Waals surface area contributed by atoms with Crippen molar-refractivity contribution >= 4 is 5.91 Å². The van der Waals surface area contributed by atoms with E-state index in [1.165, 1.54) is 23.0 Å². The number of nitrogens with zero attached hydrogens (tertiary/aromatic N) is 4. The van der Waals surface area contributed by atoms with Crippen LogP contribution in [0.5, 0.6) is 0 Å². The first-order chi connectivity index (χ1) is 13.4. The number of carbonyl (C=O) groups is 1. The van der Waals surface area contributed by atoms with Gasteiger partial charge in [-0.3, -0.25) is 4.79 Å². The number of amides is 1. The first-order valence-electron chi connectivity index (χ1n) is 8.85. The van der Waals surface area contributed by atoms with Crippen LogP contribution in [0.25, 0.3) is 17.2 Å². The second-order valence-corrected chi connectivity index (χ2v) is 6.59. The molecule has 1 amide bonds. The van der Waals surface area contributed by atoms with Crippen LogP contribution in [0.1, 0.15) is 28.5 Å². The highest BCUT2D eigenvalue weighted by molar-refractivity contribution is 5.95. The Bertz CT molecular complexity index is 985. The van der Waals surface area contributed by atoms with E-state index in [1.807, 2.05) is 13.8 Å². The number of nitrogens with one attached hydrogen (secondary N) is 1. The van der Waals surface area contributed by atoms with Crippen molar-refractivity contribution in [1.82, 2.24) is 25.1 Å². The van der Waals surface area contributed by atoms with E-state index in [4.69, 9.17) is 4.74 Å². The van der Waals surface area contributed by atoms with Crippen LogP contribution in [0, 0.1) is 19.7 Å². The van der Waals surface area contributed by atoms with Crippen LogP contribution < -0.4 is 5.32 Å². The number of ether oxygens (including phenoxy) is 1. The number of rotatable bonds is 6. The average Bonchev–Trinajstić information content (AvgIpc) is 3.05. The monoisotopic (exact) mass is 383 g/mol. The molecule has 0 saturated heterocycles. The van der Waals surface area contributed by atoms with Crippen molar-refractivity contribution in [3.63, 3.8) is 0 Å². The number of hydrogen-bond donors (Lipinski definition) is 1. The number of carbonyl (C=O) groups excluding carboxylic acids is 1. The Morgan fingerprint density at radius 2 is 1.96 bits per heavy atom. The molecule has 0 aliphatic carbocycles. The molecule has 0 radical (unpaired) electrons. The summed E-state index contributed by atoms with van der Waals surface area (Å²) < 4.78 is 19.8. The Morgan fingerprint density at radius 1 is 1.25 bits per heavy atom. The molecule has 7 nitrogen and oxygen atoms in total. The topological polar surface area (TPSA) is 81.9 Å². The minimum absolute atomic E-state index is 0.124. The maximum absolute atomic E-state index is 13.2. The Balaban J connectivity index is 1.92. The number of aromatic nitrogens is 4. The van der Waals surface area contributed by atoms with Crippen molar-refractivity contribution in [3.05, 3.63) is 59.3 Å². The molecular formula is C20H22FN5O2. The molecule has 0 aliphatic rings. The van der Waals surface area contributed by atoms with Crippen LogP contribution >= 0.6 is 0 Å². The minimum Gasteiger partial charge on any atom is -0.383 e. The van der Waals surface area contributed by atoms with E-state index in [0.29, 0.717) is 29.5 Å². The maximum Gasteiger partial charge on any atom is 0.255 e. The van der Waals surface area contributed by atoms with Gasteiger partial charge in [-0.1, -0.05) is 0 Å². The predicted octanol–water partition coefficient (Wildman–Crippen LogP) is 2.85. The van der Waals surface area contributed by atoms with Crippen molar-refractivity contribution < 1.29 is 13.9 Å². The van der Waals surface area contributed by atoms with Crippen LogP contribution in [0.15, 0.2) is 36.7 Å². The van der Waals surface area contributed by atoms with Gasteiger partial charge in [0.15, 0.2) is 0 Å². The first kappa shape index (κ1) is 19.6. The standard InChI is InChI=1S/C20H22FN5O2/c1-12-9-22-20(25-18(12)15-5-7-16(21)8-6-15)26-14(3)17(10-23-26)19(27)24-13(2)11-28-4/h5-10,13H,11H2,1-4H3,(H,24,27). The van der Waals surface area contributed by atoms with Crippen molar-refractivity contribution in [2.24, 2.45) is 0 Å². The summed E-state index contributed by atoms with van der Waals surface area (Å²) in [4.78, 5) is 21.4. The summed E-state index contributed by atoms with van der Waals surface area (Å²) in [6, 6.07) is 5.99. The van der Waals surface area contributed by atoms with Gasteiger partial charge < -0.3 is 10.1 Å². The molecule has 146 valence electrons. The predicted molar refractivity (Wildman–Crippen MR) is 103 cm³/mol. The van der Waals surface area contributed by atoms with Crippen molar-refractivity contribution in [1.29, 1.82) is 0 Å². The van der Waals surface area contributed by atoms with E-state index < -0.39 is 0 Å². The summed E-state index contributed by atoms with van der Waals surface area (Å²) >= 11 is 0. The van der Waals surface area contributed by atoms with Gasteiger partial charge >= 0.3 is 0 Å². The van der Waals surface area contributed by atoms with Gasteiger partial charge in [-0.15, -0.1) is 0 Å². The molecule has 0 aliphatic heterocycles. The van der Waals surface area contributed by atoms with Gasteiger partial charge in [-0.25, -0.2) is 19.0 Å². The van der Waals surface area contributed by atoms with Crippen LogP contribution in [-0.4, -0.2) is 45.4 Å². The van der Waals surface area contributed by atoms with E-state index in [2.05, 4.69) is 20.4 Å². The van der Waals surface area contributed by atoms with Gasteiger partial charge in [0.05, 0.1) is 29.8 Å². The Morgan fingerprint density at radius 3 is 2.64 bits per heavy atom. The van der Waals surface area contributed by atoms with Crippen molar-refractivity contribution in [2.75, 3.05) is 13.7 Å². The summed E-state index contributed by atoms with van der Waals surface area (Å²) in [5.74, 6) is -0.206. The first-order valence-corrected chi connectivity index (χ1v) is 8.85. The average molecular weight is 383 g/mol. The molecule has 1 N–H and O–H groups in total. The number of hydrogen-bond acceptors (Lipinski definition) is 5. The molecule has 0 fully saturated rings. The molecule has 3 rings (SSSR count). The zero-order valence-electron chi connectivity index (χ0n) is 16.2. The number of aryl methyl sites for hydroxylation is 1. The highest BCUT2D eigenvalue weighted by Gasteiger charge is 2.18. The lowest BCUT2D eigenvalue weighted by Gasteiger charge is -2.12. The lowest BCUT2D eigenvalue weighted by atomic mass is 10.1. The highest BCUT2D eigenvalue weighted by Crippen LogP contribution is 2.22. The lowest BCUT2D eigenvalue weighted by Crippen LogP contribution is -2.35. The normalized spacial score (nSPS) is 12.0. The zero-order chi connectivity index (χ0) is 20.3. The van der Waals surface area contributed by atoms with Crippen LogP contribution in [0.4, 0.5) is 4.39 Å². The number of methoxy groups -OCH3 is 1. The highest BCUT2D eigenvalue weighted by atomic mass is 19.1. The van der Waals surface area contributed by atoms with Gasteiger partial charge in [-0.2, -0.15) is 5.10 Å². The van der Waals surface area contributed by atoms with Crippen molar-refractivity contribution in [2.45, 2.75) is 26.8 Å². The third-order valence-corrected chi connectivity index (χ3v) is 4.31. The summed E-state index contributed by atoms with van der Waals surface area (Å²) in [5, 5.41) is 7.14. The Kier molecular flexibility index (Phi) is 5.79. The van der Waals surface area contributed by atoms with Crippen LogP contribution in [0.2, 0.25) is 0 Å². The molecule has 0 saturated carbocycles. The molecular weight excluding hydrogens is 361 g/mol. The molecule has 0 bridgehead atoms. The summed E-state index contributed by atoms with van der Waals surface area (Å²) in [7, 11) is 1.58. The molecule has 1 aromatic carbocycles. The second-order valence-electron chi connectivity index (χ2n) is 6.59. The van der Waals surface area contributed by atoms with Gasteiger partial charge in [0.2, 0.25) is 0 Å². The molecule has 2 aromatic heterocycles. The van der Waals surface area contributed by atoms with Crippen LogP contribution in [0.3, 0.4) is 0 Å². The minimum atomic E-state index is -0.308. The molecule has 8 heteroatoms. The molecule has 0 spiro atoms. The molecule has 2 heterocycles. The third-order valence-electron chi connectivity index (χ3n) is 4.31. The largest absolute Gasteiger partial charge is 0.383 e. The molecule has 3 aromatic rings. The molecule has 1 unspecified atom stereocenters. The SMILES string of the molecule is COCC(C)NC(=O)c1cnn(-c2ncc(C)c(-c3ccc(F)cc3)n2)c1C. The van der Waals surface area contributed by atoms with E-state index in [-0.39, 0.29) is 17.8 Å². The lowest BCUT2D eigenvalue weighted by molar-refractivity contribution is 0.0905. The van der Waals surface area contributed by atoms with Crippen LogP contribution in [-0.2, 0) is 4.74 Å². The fourth-order valence-corrected chi connectivity index (χ4v) is 2.86. The van der Waals surface area contributed by atoms with Gasteiger partial charge in [0.1, 0.15) is 5.82 Å². The fourth-order valence-electron chi connectivity index (χ4n) is 2.86. The van der Waals surface area contributed by atoms with E-state index in [9.17, 15) is 9.18 Å². The molecule has 28 heavy (non-hydrogen) atoms. The molecule has 1 atom stereocenters. The Labute approximate surface area is 162 Å². The second kappa shape index (κ2) is 8.26. The summed E-state index contributed by atoms with van der Waals surface area (Å²) in [6.45, 7) is 5.94. The fraction of sp³-hybridized carbons (Fsp3) is 0.300. The van der Waals surface area contributed by atoms with Gasteiger partial charge in [0.25, 0.3) is 11.9 Å². The Hall–Kier alpha value is -3.13. The van der Waals surface area contributed by atoms with Crippen molar-refractivity contribution in [3.8, 4) is 17.2 Å². The van der Waals surface area contributed by atoms with E-state index >= 15 is 0 Å². The smallest absolute Gasteiger partial charge is 0.255 e. The van der Waals surface area contributed by atoms with Gasteiger partial charge in [-0.05, 0) is 50.6 Å². The van der Waals surface area contributed by atoms with E-state index in [0.717, 1.165) is 11.1 Å². The third kappa shape index (κ3) is 4.07. The summed E-state index contributed by atoms with van der Waals surface area (Å²) in [5.41, 5.74) is 3.37.